The topological polar surface area (TPSA) is 348 Å². The van der Waals surface area contributed by atoms with Gasteiger partial charge in [0.15, 0.2) is 25.2 Å². The fourth-order valence-electron chi connectivity index (χ4n) is 5.31. The van der Waals surface area contributed by atoms with Crippen molar-refractivity contribution < 1.29 is 105 Å². The zero-order valence-electron chi connectivity index (χ0n) is 23.5. The van der Waals surface area contributed by atoms with Gasteiger partial charge in [-0.2, -0.15) is 0 Å². The van der Waals surface area contributed by atoms with Crippen molar-refractivity contribution in [2.45, 2.75) is 123 Å². The van der Waals surface area contributed by atoms with Crippen molar-refractivity contribution in [1.29, 1.82) is 0 Å². The van der Waals surface area contributed by atoms with Crippen LogP contribution in [0.15, 0.2) is 0 Å². The lowest BCUT2D eigenvalue weighted by Gasteiger charge is -2.46. The molecule has 4 aliphatic heterocycles. The van der Waals surface area contributed by atoms with Gasteiger partial charge in [-0.05, 0) is 0 Å². The van der Waals surface area contributed by atoms with E-state index in [9.17, 15) is 71.5 Å². The fourth-order valence-corrected chi connectivity index (χ4v) is 5.31. The molecule has 14 N–H and O–H groups in total. The maximum absolute atomic E-state index is 10.8. The predicted octanol–water partition coefficient (Wildman–Crippen LogP) is -9.75. The highest BCUT2D eigenvalue weighted by Crippen LogP contribution is 2.31. The fraction of sp³-hybridized carbons (Fsp3) is 1.00. The molecule has 0 aliphatic carbocycles. The highest BCUT2D eigenvalue weighted by atomic mass is 16.8. The Hall–Kier alpha value is -0.840. The van der Waals surface area contributed by atoms with Crippen LogP contribution in [0.1, 0.15) is 0 Å². The number of aliphatic hydroxyl groups excluding tert-OH is 14. The monoisotopic (exact) mass is 666 g/mol. The minimum atomic E-state index is -2.00. The molecule has 20 atom stereocenters. The normalized spacial score (nSPS) is 52.9. The highest BCUT2D eigenvalue weighted by Gasteiger charge is 2.52. The Kier molecular flexibility index (Phi) is 12.8. The van der Waals surface area contributed by atoms with Gasteiger partial charge in [-0.1, -0.05) is 0 Å². The summed E-state index contributed by atoms with van der Waals surface area (Å²) >= 11 is 0. The Morgan fingerprint density at radius 1 is 0.378 bits per heavy atom. The summed E-state index contributed by atoms with van der Waals surface area (Å²) in [7, 11) is 0. The maximum atomic E-state index is 10.8. The van der Waals surface area contributed by atoms with Gasteiger partial charge in [0.05, 0.1) is 26.4 Å². The molecule has 0 aromatic carbocycles. The van der Waals surface area contributed by atoms with Gasteiger partial charge in [0, 0.05) is 0 Å². The summed E-state index contributed by atoms with van der Waals surface area (Å²) < 4.78 is 37.7. The number of hydrogen-bond acceptors (Lipinski definition) is 21. The van der Waals surface area contributed by atoms with E-state index in [0.717, 1.165) is 0 Å². The number of aliphatic hydroxyl groups is 14. The molecule has 0 amide bonds. The Morgan fingerprint density at radius 2 is 0.778 bits per heavy atom. The summed E-state index contributed by atoms with van der Waals surface area (Å²) in [6, 6.07) is 0. The minimum absolute atomic E-state index is 0.682. The van der Waals surface area contributed by atoms with Gasteiger partial charge in [0.1, 0.15) is 97.7 Å². The first-order valence-corrected chi connectivity index (χ1v) is 14.1. The van der Waals surface area contributed by atoms with Gasteiger partial charge >= 0.3 is 0 Å². The smallest absolute Gasteiger partial charge is 0.187 e. The lowest BCUT2D eigenvalue weighted by Crippen LogP contribution is -2.65. The number of hydrogen-bond donors (Lipinski definition) is 14. The molecule has 4 rings (SSSR count). The van der Waals surface area contributed by atoms with Crippen LogP contribution in [0.4, 0.5) is 0 Å². The molecule has 4 aliphatic rings. The quantitative estimate of drug-likeness (QED) is 0.103. The van der Waals surface area contributed by atoms with Gasteiger partial charge in [-0.25, -0.2) is 0 Å². The summed E-state index contributed by atoms with van der Waals surface area (Å²) in [6.45, 7) is -2.94. The van der Waals surface area contributed by atoms with Gasteiger partial charge in [0.2, 0.25) is 0 Å². The van der Waals surface area contributed by atoms with E-state index in [1.807, 2.05) is 0 Å². The molecule has 264 valence electrons. The van der Waals surface area contributed by atoms with Gasteiger partial charge in [0.25, 0.3) is 0 Å². The van der Waals surface area contributed by atoms with Crippen LogP contribution in [0, 0.1) is 0 Å². The van der Waals surface area contributed by atoms with E-state index in [4.69, 9.17) is 33.2 Å². The van der Waals surface area contributed by atoms with E-state index in [1.165, 1.54) is 0 Å². The average molecular weight is 667 g/mol. The van der Waals surface area contributed by atoms with Crippen LogP contribution < -0.4 is 0 Å². The lowest BCUT2D eigenvalue weighted by atomic mass is 9.97. The SMILES string of the molecule is OC[C@H]1O[C@@H](OC[C@H]2O[C@@H](O[C@H]3[C@H](OC[C@H]4O[C@@H](O)[C@H](O)[C@@H](O)[C@@H]4O)O[C@H](CO)[C@@H](O)[C@@H]3O)[C@H](O)[C@@H](O)[C@@H]2O)[C@H](O)[C@@H](O)[C@@H]1O. The van der Waals surface area contributed by atoms with Crippen LogP contribution in [-0.2, 0) is 33.2 Å². The molecule has 0 aromatic heterocycles. The lowest BCUT2D eigenvalue weighted by molar-refractivity contribution is -0.376. The molecular weight excluding hydrogens is 624 g/mol. The summed E-state index contributed by atoms with van der Waals surface area (Å²) in [6.07, 6.45) is -35.0. The first-order valence-electron chi connectivity index (χ1n) is 14.1. The zero-order chi connectivity index (χ0) is 33.3. The third kappa shape index (κ3) is 7.75. The molecule has 21 nitrogen and oxygen atoms in total. The van der Waals surface area contributed by atoms with Gasteiger partial charge < -0.3 is 105 Å². The summed E-state index contributed by atoms with van der Waals surface area (Å²) in [5.41, 5.74) is 0. The van der Waals surface area contributed by atoms with Crippen molar-refractivity contribution in [1.82, 2.24) is 0 Å². The third-order valence-electron chi connectivity index (χ3n) is 8.17. The second kappa shape index (κ2) is 15.6. The van der Waals surface area contributed by atoms with E-state index < -0.39 is 149 Å². The number of rotatable bonds is 10. The molecule has 0 radical (unpaired) electrons. The largest absolute Gasteiger partial charge is 0.394 e. The Bertz CT molecular complexity index is 916. The van der Waals surface area contributed by atoms with Crippen LogP contribution in [0.5, 0.6) is 0 Å². The summed E-state index contributed by atoms with van der Waals surface area (Å²) in [4.78, 5) is 0. The zero-order valence-corrected chi connectivity index (χ0v) is 23.5. The van der Waals surface area contributed by atoms with E-state index in [1.54, 1.807) is 0 Å². The van der Waals surface area contributed by atoms with E-state index in [2.05, 4.69) is 0 Å². The van der Waals surface area contributed by atoms with E-state index in [-0.39, 0.29) is 0 Å². The molecule has 21 heteroatoms. The van der Waals surface area contributed by atoms with Crippen molar-refractivity contribution in [2.75, 3.05) is 26.4 Å². The second-order valence-corrected chi connectivity index (χ2v) is 11.2. The van der Waals surface area contributed by atoms with Crippen LogP contribution in [0.2, 0.25) is 0 Å². The van der Waals surface area contributed by atoms with Crippen LogP contribution in [0.25, 0.3) is 0 Å². The highest BCUT2D eigenvalue weighted by molar-refractivity contribution is 4.95. The standard InChI is InChI=1S/C24H42O21/c25-1-5-9(27)14(32)18(36)22(42-5)39-4-8-12(30)15(33)19(37)23(44-8)45-20-16(34)10(28)6(2-26)43-24(20)40-3-7-11(29)13(31)17(35)21(38)41-7/h5-38H,1-4H2/t5-,6-,7-,8-,9-,10-,11-,12-,13+,14+,15+,16+,17-,18-,19-,20-,21-,22-,23+,24-/m1/s1. The van der Waals surface area contributed by atoms with Gasteiger partial charge in [-0.3, -0.25) is 0 Å². The molecule has 45 heavy (non-hydrogen) atoms. The maximum Gasteiger partial charge on any atom is 0.187 e. The van der Waals surface area contributed by atoms with Gasteiger partial charge in [-0.15, -0.1) is 0 Å². The molecule has 4 fully saturated rings. The number of ether oxygens (including phenoxy) is 7. The Balaban J connectivity index is 1.45. The summed E-state index contributed by atoms with van der Waals surface area (Å²) in [5.74, 6) is 0. The van der Waals surface area contributed by atoms with Crippen LogP contribution in [0.3, 0.4) is 0 Å². The molecule has 0 saturated carbocycles. The Morgan fingerprint density at radius 3 is 1.33 bits per heavy atom. The average Bonchev–Trinajstić information content (AvgIpc) is 3.03. The first kappa shape index (κ1) is 37.0. The van der Waals surface area contributed by atoms with Crippen molar-refractivity contribution in [3.05, 3.63) is 0 Å². The predicted molar refractivity (Wildman–Crippen MR) is 134 cm³/mol. The minimum Gasteiger partial charge on any atom is -0.394 e. The molecule has 0 aromatic rings. The first-order chi connectivity index (χ1) is 21.2. The van der Waals surface area contributed by atoms with E-state index in [0.29, 0.717) is 0 Å². The molecule has 0 bridgehead atoms. The van der Waals surface area contributed by atoms with Crippen molar-refractivity contribution >= 4 is 0 Å². The van der Waals surface area contributed by atoms with Crippen molar-refractivity contribution in [3.8, 4) is 0 Å². The van der Waals surface area contributed by atoms with Crippen LogP contribution >= 0.6 is 0 Å². The third-order valence-corrected chi connectivity index (χ3v) is 8.17. The second-order valence-electron chi connectivity index (χ2n) is 11.2. The van der Waals surface area contributed by atoms with Crippen molar-refractivity contribution in [2.24, 2.45) is 0 Å². The molecule has 0 spiro atoms. The van der Waals surface area contributed by atoms with E-state index >= 15 is 0 Å². The molecule has 0 unspecified atom stereocenters. The Labute approximate surface area is 254 Å². The molecule has 4 heterocycles. The van der Waals surface area contributed by atoms with Crippen LogP contribution in [-0.4, -0.2) is 221 Å². The molecular formula is C24H42O21. The van der Waals surface area contributed by atoms with Crippen molar-refractivity contribution in [3.63, 3.8) is 0 Å². The summed E-state index contributed by atoms with van der Waals surface area (Å²) in [5, 5.41) is 141. The molecule has 4 saturated heterocycles.